The summed E-state index contributed by atoms with van der Waals surface area (Å²) >= 11 is 8.44. The van der Waals surface area contributed by atoms with Crippen molar-refractivity contribution < 1.29 is 4.39 Å². The minimum absolute atomic E-state index is 0.0888. The second-order valence-electron chi connectivity index (χ2n) is 8.56. The number of halogens is 2. The lowest BCUT2D eigenvalue weighted by molar-refractivity contribution is 0.143. The standard InChI is InChI=1S/C24H27ClFN3S/c1-15-12-17(19-2-7-27-24-23(19)20(25)14-28-24)13-21(26)22(15)16-3-8-29(9-4-16)18-5-10-30-11-6-18/h2,7,12-14,16,18H,3-6,8-11H2,1H3,(H,27,28). The number of fused-ring (bicyclic) bond motifs is 1. The molecule has 0 bridgehead atoms. The second kappa shape index (κ2) is 8.52. The first-order valence-electron chi connectivity index (χ1n) is 10.9. The molecular weight excluding hydrogens is 417 g/mol. The maximum absolute atomic E-state index is 15.4. The van der Waals surface area contributed by atoms with E-state index in [1.54, 1.807) is 18.5 Å². The van der Waals surface area contributed by atoms with Gasteiger partial charge in [0.05, 0.1) is 5.02 Å². The lowest BCUT2D eigenvalue weighted by Crippen LogP contribution is -2.42. The summed E-state index contributed by atoms with van der Waals surface area (Å²) in [5.41, 5.74) is 4.45. The van der Waals surface area contributed by atoms with Gasteiger partial charge in [-0.1, -0.05) is 17.7 Å². The first-order valence-corrected chi connectivity index (χ1v) is 12.4. The highest BCUT2D eigenvalue weighted by Gasteiger charge is 2.29. The van der Waals surface area contributed by atoms with Crippen molar-refractivity contribution in [1.82, 2.24) is 14.9 Å². The fraction of sp³-hybridized carbons (Fsp3) is 0.458. The van der Waals surface area contributed by atoms with Crippen LogP contribution >= 0.6 is 23.4 Å². The van der Waals surface area contributed by atoms with Gasteiger partial charge in [-0.3, -0.25) is 0 Å². The van der Waals surface area contributed by atoms with Crippen LogP contribution in [0.5, 0.6) is 0 Å². The molecule has 6 heteroatoms. The molecule has 0 radical (unpaired) electrons. The lowest BCUT2D eigenvalue weighted by atomic mass is 9.84. The number of rotatable bonds is 3. The second-order valence-corrected chi connectivity index (χ2v) is 10.2. The van der Waals surface area contributed by atoms with E-state index >= 15 is 4.39 Å². The van der Waals surface area contributed by atoms with E-state index in [1.807, 2.05) is 13.0 Å². The summed E-state index contributed by atoms with van der Waals surface area (Å²) in [5, 5.41) is 1.47. The van der Waals surface area contributed by atoms with E-state index in [0.29, 0.717) is 10.9 Å². The number of hydrogen-bond acceptors (Lipinski definition) is 3. The molecule has 5 rings (SSSR count). The van der Waals surface area contributed by atoms with Gasteiger partial charge in [-0.2, -0.15) is 11.8 Å². The van der Waals surface area contributed by atoms with Crippen molar-refractivity contribution in [2.24, 2.45) is 0 Å². The Balaban J connectivity index is 1.39. The van der Waals surface area contributed by atoms with Gasteiger partial charge in [0.1, 0.15) is 11.5 Å². The van der Waals surface area contributed by atoms with Gasteiger partial charge >= 0.3 is 0 Å². The highest BCUT2D eigenvalue weighted by atomic mass is 35.5. The third kappa shape index (κ3) is 3.76. The number of likely N-dealkylation sites (tertiary alicyclic amines) is 1. The van der Waals surface area contributed by atoms with Crippen LogP contribution in [-0.4, -0.2) is 45.5 Å². The number of benzene rings is 1. The molecule has 2 fully saturated rings. The molecule has 30 heavy (non-hydrogen) atoms. The zero-order valence-corrected chi connectivity index (χ0v) is 18.8. The van der Waals surface area contributed by atoms with E-state index < -0.39 is 0 Å². The Bertz CT molecular complexity index is 1030. The van der Waals surface area contributed by atoms with Gasteiger partial charge < -0.3 is 9.88 Å². The minimum atomic E-state index is -0.0888. The van der Waals surface area contributed by atoms with E-state index in [-0.39, 0.29) is 5.82 Å². The van der Waals surface area contributed by atoms with Gasteiger partial charge in [-0.05, 0) is 97.5 Å². The van der Waals surface area contributed by atoms with Crippen LogP contribution in [0.2, 0.25) is 5.02 Å². The van der Waals surface area contributed by atoms with E-state index in [4.69, 9.17) is 11.6 Å². The Morgan fingerprint density at radius 2 is 1.93 bits per heavy atom. The molecule has 4 heterocycles. The van der Waals surface area contributed by atoms with Crippen LogP contribution in [0.4, 0.5) is 4.39 Å². The zero-order valence-electron chi connectivity index (χ0n) is 17.3. The first-order chi connectivity index (χ1) is 14.6. The monoisotopic (exact) mass is 443 g/mol. The molecule has 2 saturated heterocycles. The molecule has 158 valence electrons. The Morgan fingerprint density at radius 3 is 2.67 bits per heavy atom. The largest absolute Gasteiger partial charge is 0.345 e. The van der Waals surface area contributed by atoms with E-state index in [2.05, 4.69) is 32.7 Å². The van der Waals surface area contributed by atoms with Crippen LogP contribution in [0, 0.1) is 12.7 Å². The van der Waals surface area contributed by atoms with Crippen molar-refractivity contribution in [3.63, 3.8) is 0 Å². The topological polar surface area (TPSA) is 31.9 Å². The predicted molar refractivity (Wildman–Crippen MR) is 125 cm³/mol. The number of thioether (sulfide) groups is 1. The normalized spacial score (nSPS) is 19.6. The summed E-state index contributed by atoms with van der Waals surface area (Å²) < 4.78 is 15.4. The smallest absolute Gasteiger partial charge is 0.139 e. The Hall–Kier alpha value is -1.56. The molecule has 1 aromatic carbocycles. The highest BCUT2D eigenvalue weighted by molar-refractivity contribution is 7.99. The molecule has 2 aromatic heterocycles. The summed E-state index contributed by atoms with van der Waals surface area (Å²) in [7, 11) is 0. The minimum Gasteiger partial charge on any atom is -0.345 e. The summed E-state index contributed by atoms with van der Waals surface area (Å²) in [6.07, 6.45) is 8.18. The van der Waals surface area contributed by atoms with Crippen LogP contribution in [-0.2, 0) is 0 Å². The fourth-order valence-corrected chi connectivity index (χ4v) is 6.62. The molecule has 0 unspecified atom stereocenters. The Morgan fingerprint density at radius 1 is 1.17 bits per heavy atom. The SMILES string of the molecule is Cc1cc(-c2ccnc3[nH]cc(Cl)c23)cc(F)c1C1CCN(C2CCSCC2)CC1. The molecule has 0 saturated carbocycles. The van der Waals surface area contributed by atoms with E-state index in [9.17, 15) is 0 Å². The van der Waals surface area contributed by atoms with E-state index in [0.717, 1.165) is 65.3 Å². The van der Waals surface area contributed by atoms with Crippen LogP contribution in [0.1, 0.15) is 42.7 Å². The molecule has 2 aliphatic heterocycles. The van der Waals surface area contributed by atoms with Crippen molar-refractivity contribution in [1.29, 1.82) is 0 Å². The summed E-state index contributed by atoms with van der Waals surface area (Å²) in [4.78, 5) is 10.1. The van der Waals surface area contributed by atoms with Gasteiger partial charge in [0, 0.05) is 23.8 Å². The summed E-state index contributed by atoms with van der Waals surface area (Å²) in [6, 6.07) is 6.45. The van der Waals surface area contributed by atoms with Gasteiger partial charge in [0.15, 0.2) is 0 Å². The van der Waals surface area contributed by atoms with E-state index in [1.165, 1.54) is 24.3 Å². The third-order valence-corrected chi connectivity index (χ3v) is 8.16. The number of aromatic nitrogens is 2. The number of H-pyrrole nitrogens is 1. The quantitative estimate of drug-likeness (QED) is 0.507. The Labute approximate surface area is 186 Å². The van der Waals surface area contributed by atoms with Crippen LogP contribution in [0.25, 0.3) is 22.2 Å². The van der Waals surface area contributed by atoms with Crippen molar-refractivity contribution in [2.45, 2.75) is 44.6 Å². The van der Waals surface area contributed by atoms with Gasteiger partial charge in [-0.15, -0.1) is 0 Å². The average molecular weight is 444 g/mol. The number of aromatic amines is 1. The third-order valence-electron chi connectivity index (χ3n) is 6.82. The van der Waals surface area contributed by atoms with Gasteiger partial charge in [0.25, 0.3) is 0 Å². The summed E-state index contributed by atoms with van der Waals surface area (Å²) in [6.45, 7) is 4.22. The molecule has 2 aliphatic rings. The molecule has 0 spiro atoms. The van der Waals surface area contributed by atoms with Crippen LogP contribution < -0.4 is 0 Å². The number of nitrogens with zero attached hydrogens (tertiary/aromatic N) is 2. The first kappa shape index (κ1) is 20.3. The molecule has 3 aromatic rings. The number of hydrogen-bond donors (Lipinski definition) is 1. The fourth-order valence-electron chi connectivity index (χ4n) is 5.29. The van der Waals surface area contributed by atoms with Crippen molar-refractivity contribution in [3.05, 3.63) is 52.6 Å². The highest BCUT2D eigenvalue weighted by Crippen LogP contribution is 2.38. The maximum Gasteiger partial charge on any atom is 0.139 e. The van der Waals surface area contributed by atoms with Crippen molar-refractivity contribution >= 4 is 34.4 Å². The maximum atomic E-state index is 15.4. The van der Waals surface area contributed by atoms with Gasteiger partial charge in [0.2, 0.25) is 0 Å². The molecule has 0 aliphatic carbocycles. The molecule has 0 amide bonds. The molecule has 3 nitrogen and oxygen atoms in total. The van der Waals surface area contributed by atoms with Crippen molar-refractivity contribution in [2.75, 3.05) is 24.6 Å². The predicted octanol–water partition coefficient (Wildman–Crippen LogP) is 6.41. The zero-order chi connectivity index (χ0) is 20.7. The van der Waals surface area contributed by atoms with Crippen LogP contribution in [0.15, 0.2) is 30.6 Å². The van der Waals surface area contributed by atoms with Gasteiger partial charge in [-0.25, -0.2) is 9.37 Å². The Kier molecular flexibility index (Phi) is 5.78. The van der Waals surface area contributed by atoms with Crippen molar-refractivity contribution in [3.8, 4) is 11.1 Å². The summed E-state index contributed by atoms with van der Waals surface area (Å²) in [5.74, 6) is 2.79. The number of piperidine rings is 1. The number of aryl methyl sites for hydroxylation is 1. The molecule has 0 atom stereocenters. The molecule has 1 N–H and O–H groups in total. The number of pyridine rings is 1. The van der Waals surface area contributed by atoms with Crippen LogP contribution in [0.3, 0.4) is 0 Å². The number of nitrogens with one attached hydrogen (secondary N) is 1. The lowest BCUT2D eigenvalue weighted by Gasteiger charge is -2.39. The molecular formula is C24H27ClFN3S. The average Bonchev–Trinajstić information content (AvgIpc) is 3.15.